The maximum atomic E-state index is 3.42. The molecule has 2 nitrogen and oxygen atoms in total. The van der Waals surface area contributed by atoms with Crippen LogP contribution in [0.2, 0.25) is 0 Å². The van der Waals surface area contributed by atoms with Crippen molar-refractivity contribution in [3.05, 3.63) is 54.7 Å². The van der Waals surface area contributed by atoms with E-state index in [1.807, 2.05) is 12.1 Å². The number of anilines is 1. The van der Waals surface area contributed by atoms with Gasteiger partial charge < -0.3 is 0 Å². The Balaban J connectivity index is 2.33. The van der Waals surface area contributed by atoms with Crippen LogP contribution in [0.1, 0.15) is 13.3 Å². The topological polar surface area (TPSA) is 15.9 Å². The zero-order chi connectivity index (χ0) is 11.2. The van der Waals surface area contributed by atoms with Gasteiger partial charge in [0.1, 0.15) is 5.69 Å². The molecule has 1 aromatic heterocycles. The second-order valence-electron chi connectivity index (χ2n) is 3.72. The van der Waals surface area contributed by atoms with Crippen molar-refractivity contribution in [2.24, 2.45) is 0 Å². The summed E-state index contributed by atoms with van der Waals surface area (Å²) in [6.45, 7) is 3.17. The first kappa shape index (κ1) is 10.7. The number of hydrogen-bond acceptors (Lipinski definition) is 1. The number of benzene rings is 1. The van der Waals surface area contributed by atoms with Crippen molar-refractivity contribution >= 4 is 5.82 Å². The second kappa shape index (κ2) is 5.31. The van der Waals surface area contributed by atoms with Crippen molar-refractivity contribution in [1.82, 2.24) is 0 Å². The molecular formula is C14H17N2+. The summed E-state index contributed by atoms with van der Waals surface area (Å²) in [7, 11) is 0. The zero-order valence-corrected chi connectivity index (χ0v) is 9.56. The number of rotatable bonds is 4. The van der Waals surface area contributed by atoms with Gasteiger partial charge in [0.25, 0.3) is 5.82 Å². The maximum absolute atomic E-state index is 3.42. The van der Waals surface area contributed by atoms with Gasteiger partial charge in [0.05, 0.1) is 12.7 Å². The number of hydrogen-bond donors (Lipinski definition) is 1. The van der Waals surface area contributed by atoms with Crippen LogP contribution in [0.15, 0.2) is 54.7 Å². The van der Waals surface area contributed by atoms with Crippen LogP contribution in [0.5, 0.6) is 0 Å². The number of aromatic nitrogens is 1. The Morgan fingerprint density at radius 1 is 1.00 bits per heavy atom. The van der Waals surface area contributed by atoms with Crippen molar-refractivity contribution in [2.75, 3.05) is 11.9 Å². The van der Waals surface area contributed by atoms with E-state index in [0.29, 0.717) is 0 Å². The average molecular weight is 213 g/mol. The molecule has 1 heterocycles. The van der Waals surface area contributed by atoms with E-state index in [4.69, 9.17) is 0 Å². The van der Waals surface area contributed by atoms with E-state index in [0.717, 1.165) is 18.8 Å². The fourth-order valence-corrected chi connectivity index (χ4v) is 1.65. The molecule has 2 heteroatoms. The summed E-state index contributed by atoms with van der Waals surface area (Å²) >= 11 is 0. The molecule has 0 unspecified atom stereocenters. The molecule has 2 aromatic rings. The van der Waals surface area contributed by atoms with E-state index in [1.54, 1.807) is 0 Å². The minimum absolute atomic E-state index is 0.997. The molecular weight excluding hydrogens is 196 g/mol. The van der Waals surface area contributed by atoms with Gasteiger partial charge in [-0.3, -0.25) is 5.32 Å². The van der Waals surface area contributed by atoms with Gasteiger partial charge in [-0.05, 0) is 24.6 Å². The highest BCUT2D eigenvalue weighted by Crippen LogP contribution is 2.05. The zero-order valence-electron chi connectivity index (χ0n) is 9.56. The predicted molar refractivity (Wildman–Crippen MR) is 66.8 cm³/mol. The van der Waals surface area contributed by atoms with Crippen LogP contribution in [0.25, 0.3) is 5.69 Å². The third-order valence-corrected chi connectivity index (χ3v) is 2.45. The lowest BCUT2D eigenvalue weighted by atomic mass is 10.3. The van der Waals surface area contributed by atoms with Crippen LogP contribution in [0, 0.1) is 0 Å². The lowest BCUT2D eigenvalue weighted by Gasteiger charge is -2.05. The Hall–Kier alpha value is -1.83. The van der Waals surface area contributed by atoms with Gasteiger partial charge in [-0.15, -0.1) is 0 Å². The average Bonchev–Trinajstić information content (AvgIpc) is 2.38. The summed E-state index contributed by atoms with van der Waals surface area (Å²) in [4.78, 5) is 0. The molecule has 1 aromatic carbocycles. The molecule has 2 rings (SSSR count). The molecule has 0 radical (unpaired) electrons. The van der Waals surface area contributed by atoms with E-state index in [2.05, 4.69) is 59.4 Å². The Bertz CT molecular complexity index is 437. The van der Waals surface area contributed by atoms with Crippen molar-refractivity contribution in [3.8, 4) is 5.69 Å². The fraction of sp³-hybridized carbons (Fsp3) is 0.214. The minimum atomic E-state index is 0.997. The first-order valence-corrected chi connectivity index (χ1v) is 5.72. The van der Waals surface area contributed by atoms with E-state index >= 15 is 0 Å². The summed E-state index contributed by atoms with van der Waals surface area (Å²) in [5.41, 5.74) is 1.18. The molecule has 0 atom stereocenters. The van der Waals surface area contributed by atoms with Crippen LogP contribution in [0.3, 0.4) is 0 Å². The van der Waals surface area contributed by atoms with Gasteiger partial charge in [-0.1, -0.05) is 31.2 Å². The van der Waals surface area contributed by atoms with E-state index in [1.165, 1.54) is 5.69 Å². The normalized spacial score (nSPS) is 10.1. The predicted octanol–water partition coefficient (Wildman–Crippen LogP) is 2.79. The molecule has 0 aliphatic heterocycles. The highest BCUT2D eigenvalue weighted by molar-refractivity contribution is 5.32. The Morgan fingerprint density at radius 3 is 2.50 bits per heavy atom. The summed E-state index contributed by atoms with van der Waals surface area (Å²) in [6.07, 6.45) is 3.21. The molecule has 0 amide bonds. The van der Waals surface area contributed by atoms with Gasteiger partial charge in [-0.25, -0.2) is 4.57 Å². The lowest BCUT2D eigenvalue weighted by Crippen LogP contribution is -2.34. The molecule has 82 valence electrons. The smallest absolute Gasteiger partial charge is 0.274 e. The Morgan fingerprint density at radius 2 is 1.75 bits per heavy atom. The maximum Gasteiger partial charge on any atom is 0.279 e. The molecule has 0 bridgehead atoms. The van der Waals surface area contributed by atoms with Crippen molar-refractivity contribution in [1.29, 1.82) is 0 Å². The number of nitrogens with zero attached hydrogens (tertiary/aromatic N) is 1. The van der Waals surface area contributed by atoms with Crippen LogP contribution < -0.4 is 9.88 Å². The van der Waals surface area contributed by atoms with Crippen LogP contribution >= 0.6 is 0 Å². The van der Waals surface area contributed by atoms with Crippen LogP contribution in [0.4, 0.5) is 5.82 Å². The van der Waals surface area contributed by atoms with Crippen LogP contribution in [-0.2, 0) is 0 Å². The van der Waals surface area contributed by atoms with Gasteiger partial charge in [0.15, 0.2) is 0 Å². The third kappa shape index (κ3) is 2.40. The van der Waals surface area contributed by atoms with Gasteiger partial charge in [0, 0.05) is 6.07 Å². The van der Waals surface area contributed by atoms with Crippen LogP contribution in [-0.4, -0.2) is 6.54 Å². The van der Waals surface area contributed by atoms with E-state index < -0.39 is 0 Å². The molecule has 0 aliphatic rings. The Kier molecular flexibility index (Phi) is 3.54. The molecule has 0 saturated carbocycles. The van der Waals surface area contributed by atoms with Crippen molar-refractivity contribution in [2.45, 2.75) is 13.3 Å². The molecule has 0 fully saturated rings. The largest absolute Gasteiger partial charge is 0.279 e. The quantitative estimate of drug-likeness (QED) is 0.772. The number of nitrogens with one attached hydrogen (secondary N) is 1. The summed E-state index contributed by atoms with van der Waals surface area (Å²) in [6, 6.07) is 16.6. The van der Waals surface area contributed by atoms with E-state index in [-0.39, 0.29) is 0 Å². The van der Waals surface area contributed by atoms with E-state index in [9.17, 15) is 0 Å². The number of pyridine rings is 1. The molecule has 1 N–H and O–H groups in total. The van der Waals surface area contributed by atoms with Crippen molar-refractivity contribution < 1.29 is 4.57 Å². The SMILES string of the molecule is CCCNc1cccc[n+]1-c1ccccc1. The summed E-state index contributed by atoms with van der Waals surface area (Å²) in [5, 5.41) is 3.42. The third-order valence-electron chi connectivity index (χ3n) is 2.45. The minimum Gasteiger partial charge on any atom is -0.274 e. The molecule has 0 saturated heterocycles. The van der Waals surface area contributed by atoms with Gasteiger partial charge in [-0.2, -0.15) is 0 Å². The summed E-state index contributed by atoms with van der Waals surface area (Å²) < 4.78 is 2.16. The standard InChI is InChI=1S/C14H16N2/c1-2-11-15-14-10-6-7-12-16(14)13-8-4-3-5-9-13/h3-10,12H,2,11H2,1H3/p+1. The lowest BCUT2D eigenvalue weighted by molar-refractivity contribution is -0.580. The highest BCUT2D eigenvalue weighted by atomic mass is 15.1. The first-order valence-electron chi connectivity index (χ1n) is 5.72. The number of para-hydroxylation sites is 1. The van der Waals surface area contributed by atoms with Gasteiger partial charge >= 0.3 is 0 Å². The Labute approximate surface area is 96.6 Å². The molecule has 0 aliphatic carbocycles. The fourth-order valence-electron chi connectivity index (χ4n) is 1.65. The first-order chi connectivity index (χ1) is 7.92. The van der Waals surface area contributed by atoms with Gasteiger partial charge in [0.2, 0.25) is 0 Å². The second-order valence-corrected chi connectivity index (χ2v) is 3.72. The monoisotopic (exact) mass is 213 g/mol. The highest BCUT2D eigenvalue weighted by Gasteiger charge is 2.08. The summed E-state index contributed by atoms with van der Waals surface area (Å²) in [5.74, 6) is 1.13. The van der Waals surface area contributed by atoms with Crippen molar-refractivity contribution in [3.63, 3.8) is 0 Å². The molecule has 16 heavy (non-hydrogen) atoms. The molecule has 0 spiro atoms.